The minimum atomic E-state index is 0. The van der Waals surface area contributed by atoms with Crippen LogP contribution in [0.2, 0.25) is 0 Å². The van der Waals surface area contributed by atoms with Gasteiger partial charge in [-0.2, -0.15) is 0 Å². The van der Waals surface area contributed by atoms with E-state index in [2.05, 4.69) is 48.2 Å². The lowest BCUT2D eigenvalue weighted by Crippen LogP contribution is -2.58. The first-order valence-corrected chi connectivity index (χ1v) is 9.76. The molecule has 1 N–H and O–H groups in total. The van der Waals surface area contributed by atoms with Gasteiger partial charge in [-0.15, -0.1) is 0 Å². The van der Waals surface area contributed by atoms with Crippen LogP contribution in [0.25, 0.3) is 0 Å². The maximum absolute atomic E-state index is 9.98. The summed E-state index contributed by atoms with van der Waals surface area (Å²) in [5, 5.41) is 9.98. The fraction of sp³-hybridized carbons (Fsp3) is 0.500. The van der Waals surface area contributed by atoms with Crippen LogP contribution in [0, 0.1) is 5.92 Å². The van der Waals surface area contributed by atoms with Crippen LogP contribution >= 0.6 is 0 Å². The number of rotatable bonds is 4. The standard InChI is InChI=1S/C23H29NO.CH4/c1-18-22-11-6-13-23(18,20-9-5-10-21(25)17-20)14-16-24(22)15-12-19-7-3-2-4-8-19;/h2-5,7-10,17-18,22,25H,6,11-16H2,1H3;1H4. The highest BCUT2D eigenvalue weighted by atomic mass is 16.3. The second-order valence-electron chi connectivity index (χ2n) is 7.98. The number of benzene rings is 2. The van der Waals surface area contributed by atoms with E-state index in [0.717, 1.165) is 13.0 Å². The minimum Gasteiger partial charge on any atom is -0.508 e. The van der Waals surface area contributed by atoms with E-state index < -0.39 is 0 Å². The molecule has 1 heterocycles. The van der Waals surface area contributed by atoms with Crippen LogP contribution in [0.3, 0.4) is 0 Å². The van der Waals surface area contributed by atoms with E-state index in [1.54, 1.807) is 6.07 Å². The van der Waals surface area contributed by atoms with Crippen molar-refractivity contribution in [2.24, 2.45) is 5.92 Å². The van der Waals surface area contributed by atoms with Crippen molar-refractivity contribution in [1.29, 1.82) is 0 Å². The molecule has 26 heavy (non-hydrogen) atoms. The van der Waals surface area contributed by atoms with E-state index in [9.17, 15) is 5.11 Å². The summed E-state index contributed by atoms with van der Waals surface area (Å²) < 4.78 is 0. The van der Waals surface area contributed by atoms with Crippen molar-refractivity contribution in [2.75, 3.05) is 13.1 Å². The van der Waals surface area contributed by atoms with Crippen molar-refractivity contribution in [3.05, 3.63) is 65.7 Å². The van der Waals surface area contributed by atoms with Gasteiger partial charge >= 0.3 is 0 Å². The molecule has 2 heteroatoms. The molecule has 2 nitrogen and oxygen atoms in total. The molecule has 3 atom stereocenters. The molecule has 0 radical (unpaired) electrons. The fourth-order valence-corrected chi connectivity index (χ4v) is 5.40. The fourth-order valence-electron chi connectivity index (χ4n) is 5.40. The highest BCUT2D eigenvalue weighted by Gasteiger charge is 2.49. The summed E-state index contributed by atoms with van der Waals surface area (Å²) in [6, 6.07) is 19.6. The Morgan fingerprint density at radius 1 is 1.08 bits per heavy atom. The zero-order chi connectivity index (χ0) is 17.3. The number of hydrogen-bond donors (Lipinski definition) is 1. The van der Waals surface area contributed by atoms with Crippen LogP contribution in [-0.2, 0) is 11.8 Å². The van der Waals surface area contributed by atoms with Gasteiger partial charge in [-0.3, -0.25) is 4.90 Å². The summed E-state index contributed by atoms with van der Waals surface area (Å²) in [5.74, 6) is 1.06. The lowest BCUT2D eigenvalue weighted by molar-refractivity contribution is -0.00242. The summed E-state index contributed by atoms with van der Waals surface area (Å²) in [4.78, 5) is 2.73. The second kappa shape index (κ2) is 7.84. The van der Waals surface area contributed by atoms with Crippen LogP contribution < -0.4 is 0 Å². The first kappa shape index (κ1) is 19.0. The molecule has 0 aromatic heterocycles. The SMILES string of the molecule is C.CC1C2CCCC1(c1cccc(O)c1)CCN2CCc1ccccc1. The molecule has 1 aliphatic carbocycles. The summed E-state index contributed by atoms with van der Waals surface area (Å²) >= 11 is 0. The topological polar surface area (TPSA) is 23.5 Å². The zero-order valence-electron chi connectivity index (χ0n) is 15.2. The van der Waals surface area contributed by atoms with Gasteiger partial charge in [-0.25, -0.2) is 0 Å². The molecule has 0 spiro atoms. The van der Waals surface area contributed by atoms with E-state index in [1.807, 2.05) is 12.1 Å². The Hall–Kier alpha value is -1.80. The number of hydrogen-bond acceptors (Lipinski definition) is 2. The Kier molecular flexibility index (Phi) is 5.72. The molecule has 0 amide bonds. The summed E-state index contributed by atoms with van der Waals surface area (Å²) in [6.45, 7) is 4.79. The number of likely N-dealkylation sites (tertiary alicyclic amines) is 1. The average molecular weight is 352 g/mol. The number of fused-ring (bicyclic) bond motifs is 2. The van der Waals surface area contributed by atoms with Gasteiger partial charge < -0.3 is 5.11 Å². The van der Waals surface area contributed by atoms with Crippen molar-refractivity contribution >= 4 is 0 Å². The molecule has 2 aromatic rings. The highest BCUT2D eigenvalue weighted by Crippen LogP contribution is 2.51. The first-order valence-electron chi connectivity index (χ1n) is 9.76. The van der Waals surface area contributed by atoms with E-state index in [1.165, 1.54) is 43.4 Å². The summed E-state index contributed by atoms with van der Waals surface area (Å²) in [7, 11) is 0. The maximum atomic E-state index is 9.98. The average Bonchev–Trinajstić information content (AvgIpc) is 2.62. The molecule has 2 bridgehead atoms. The van der Waals surface area contributed by atoms with Gasteiger partial charge in [-0.05, 0) is 61.4 Å². The van der Waals surface area contributed by atoms with Gasteiger partial charge in [0.1, 0.15) is 5.75 Å². The predicted octanol–water partition coefficient (Wildman–Crippen LogP) is 5.40. The van der Waals surface area contributed by atoms with Crippen molar-refractivity contribution in [1.82, 2.24) is 4.90 Å². The van der Waals surface area contributed by atoms with Crippen molar-refractivity contribution in [3.63, 3.8) is 0 Å². The minimum absolute atomic E-state index is 0. The number of nitrogens with zero attached hydrogens (tertiary/aromatic N) is 1. The molecule has 1 saturated heterocycles. The quantitative estimate of drug-likeness (QED) is 0.797. The molecule has 2 fully saturated rings. The monoisotopic (exact) mass is 351 g/mol. The molecular weight excluding hydrogens is 318 g/mol. The number of piperidine rings is 1. The zero-order valence-corrected chi connectivity index (χ0v) is 15.2. The van der Waals surface area contributed by atoms with Gasteiger partial charge in [0.05, 0.1) is 0 Å². The molecule has 2 aliphatic rings. The molecule has 4 rings (SSSR count). The van der Waals surface area contributed by atoms with Crippen LogP contribution in [0.4, 0.5) is 0 Å². The van der Waals surface area contributed by atoms with Gasteiger partial charge in [0.25, 0.3) is 0 Å². The molecule has 1 saturated carbocycles. The van der Waals surface area contributed by atoms with Crippen molar-refractivity contribution in [2.45, 2.75) is 57.9 Å². The third kappa shape index (κ3) is 3.40. The van der Waals surface area contributed by atoms with Gasteiger partial charge in [0.2, 0.25) is 0 Å². The van der Waals surface area contributed by atoms with Crippen LogP contribution in [0.15, 0.2) is 54.6 Å². The summed E-state index contributed by atoms with van der Waals surface area (Å²) in [6.07, 6.45) is 6.23. The van der Waals surface area contributed by atoms with Gasteiger partial charge in [0.15, 0.2) is 0 Å². The van der Waals surface area contributed by atoms with E-state index in [-0.39, 0.29) is 12.8 Å². The van der Waals surface area contributed by atoms with Gasteiger partial charge in [-0.1, -0.05) is 63.2 Å². The van der Waals surface area contributed by atoms with Gasteiger partial charge in [0, 0.05) is 18.0 Å². The Morgan fingerprint density at radius 3 is 2.65 bits per heavy atom. The van der Waals surface area contributed by atoms with Crippen LogP contribution in [-0.4, -0.2) is 29.1 Å². The van der Waals surface area contributed by atoms with E-state index in [4.69, 9.17) is 0 Å². The Balaban J connectivity index is 0.00000196. The number of phenolic OH excluding ortho intramolecular Hbond substituents is 1. The van der Waals surface area contributed by atoms with E-state index in [0.29, 0.717) is 17.7 Å². The molecule has 2 aromatic carbocycles. The van der Waals surface area contributed by atoms with E-state index >= 15 is 0 Å². The highest BCUT2D eigenvalue weighted by molar-refractivity contribution is 5.35. The Bertz CT molecular complexity index is 713. The third-order valence-electron chi connectivity index (χ3n) is 6.84. The van der Waals surface area contributed by atoms with Crippen LogP contribution in [0.5, 0.6) is 5.75 Å². The van der Waals surface area contributed by atoms with Crippen LogP contribution in [0.1, 0.15) is 51.2 Å². The summed E-state index contributed by atoms with van der Waals surface area (Å²) in [5.41, 5.74) is 3.05. The van der Waals surface area contributed by atoms with Crippen molar-refractivity contribution in [3.8, 4) is 5.75 Å². The lowest BCUT2D eigenvalue weighted by atomic mass is 9.57. The Morgan fingerprint density at radius 2 is 1.88 bits per heavy atom. The number of phenols is 1. The first-order chi connectivity index (χ1) is 12.2. The lowest BCUT2D eigenvalue weighted by Gasteiger charge is -2.55. The number of aromatic hydroxyl groups is 1. The Labute approximate surface area is 158 Å². The van der Waals surface area contributed by atoms with Crippen molar-refractivity contribution < 1.29 is 5.11 Å². The largest absolute Gasteiger partial charge is 0.508 e. The molecule has 1 aliphatic heterocycles. The third-order valence-corrected chi connectivity index (χ3v) is 6.84. The molecule has 140 valence electrons. The normalized spacial score (nSPS) is 28.3. The predicted molar refractivity (Wildman–Crippen MR) is 110 cm³/mol. The second-order valence-corrected chi connectivity index (χ2v) is 7.98. The molecular formula is C24H33NO. The maximum Gasteiger partial charge on any atom is 0.115 e. The smallest absolute Gasteiger partial charge is 0.115 e. The molecule has 3 unspecified atom stereocenters.